The fraction of sp³-hybridized carbons (Fsp3) is 0.519. The highest BCUT2D eigenvalue weighted by Gasteiger charge is 2.40. The first kappa shape index (κ1) is 22.8. The Balaban J connectivity index is 1.44. The Morgan fingerprint density at radius 2 is 1.88 bits per heavy atom. The molecule has 2 aromatic carbocycles. The largest absolute Gasteiger partial charge is 0.496 e. The van der Waals surface area contributed by atoms with Gasteiger partial charge in [-0.2, -0.15) is 0 Å². The van der Waals surface area contributed by atoms with Crippen molar-refractivity contribution in [2.45, 2.75) is 38.5 Å². The van der Waals surface area contributed by atoms with E-state index < -0.39 is 5.41 Å². The number of nitrogens with zero attached hydrogens (tertiary/aromatic N) is 1. The number of hydrogen-bond acceptors (Lipinski definition) is 4. The molecular weight excluding hydrogens is 400 g/mol. The first-order chi connectivity index (χ1) is 15.7. The summed E-state index contributed by atoms with van der Waals surface area (Å²) in [6, 6.07) is 16.6. The Morgan fingerprint density at radius 1 is 1.09 bits per heavy atom. The highest BCUT2D eigenvalue weighted by Crippen LogP contribution is 2.36. The van der Waals surface area contributed by atoms with Gasteiger partial charge in [0.25, 0.3) is 0 Å². The van der Waals surface area contributed by atoms with Gasteiger partial charge in [0.2, 0.25) is 5.91 Å². The SMILES string of the molecule is COc1ccccc1-c1cccc(CC2(C(=O)NCCCN3CCCC3)CCOCC2)c1. The second-order valence-corrected chi connectivity index (χ2v) is 9.13. The monoisotopic (exact) mass is 436 g/mol. The summed E-state index contributed by atoms with van der Waals surface area (Å²) in [5.41, 5.74) is 2.98. The zero-order valence-corrected chi connectivity index (χ0v) is 19.3. The fourth-order valence-corrected chi connectivity index (χ4v) is 5.07. The number of nitrogens with one attached hydrogen (secondary N) is 1. The summed E-state index contributed by atoms with van der Waals surface area (Å²) in [5, 5.41) is 3.26. The number of likely N-dealkylation sites (tertiary alicyclic amines) is 1. The van der Waals surface area contributed by atoms with Crippen molar-refractivity contribution in [2.24, 2.45) is 5.41 Å². The summed E-state index contributed by atoms with van der Waals surface area (Å²) in [7, 11) is 1.70. The van der Waals surface area contributed by atoms with Crippen LogP contribution in [0.5, 0.6) is 5.75 Å². The summed E-state index contributed by atoms with van der Waals surface area (Å²) >= 11 is 0. The third-order valence-electron chi connectivity index (χ3n) is 6.95. The van der Waals surface area contributed by atoms with Crippen LogP contribution in [0.4, 0.5) is 0 Å². The Labute approximate surface area is 192 Å². The second-order valence-electron chi connectivity index (χ2n) is 9.13. The number of rotatable bonds is 9. The van der Waals surface area contributed by atoms with Gasteiger partial charge in [-0.3, -0.25) is 4.79 Å². The van der Waals surface area contributed by atoms with Gasteiger partial charge in [-0.05, 0) is 75.4 Å². The predicted molar refractivity (Wildman–Crippen MR) is 128 cm³/mol. The van der Waals surface area contributed by atoms with Crippen LogP contribution in [-0.2, 0) is 16.0 Å². The quantitative estimate of drug-likeness (QED) is 0.596. The molecular formula is C27H36N2O3. The number of para-hydroxylation sites is 1. The van der Waals surface area contributed by atoms with Crippen LogP contribution < -0.4 is 10.1 Å². The van der Waals surface area contributed by atoms with E-state index >= 15 is 0 Å². The average molecular weight is 437 g/mol. The molecule has 5 nitrogen and oxygen atoms in total. The molecule has 0 aliphatic carbocycles. The summed E-state index contributed by atoms with van der Waals surface area (Å²) in [5.74, 6) is 1.05. The molecule has 0 bridgehead atoms. The Hall–Kier alpha value is -2.37. The summed E-state index contributed by atoms with van der Waals surface area (Å²) in [4.78, 5) is 15.9. The van der Waals surface area contributed by atoms with Gasteiger partial charge in [0, 0.05) is 25.3 Å². The van der Waals surface area contributed by atoms with Crippen molar-refractivity contribution < 1.29 is 14.3 Å². The lowest BCUT2D eigenvalue weighted by atomic mass is 9.74. The van der Waals surface area contributed by atoms with E-state index in [0.717, 1.165) is 55.6 Å². The topological polar surface area (TPSA) is 50.8 Å². The van der Waals surface area contributed by atoms with E-state index in [1.807, 2.05) is 18.2 Å². The van der Waals surface area contributed by atoms with Crippen molar-refractivity contribution in [1.29, 1.82) is 0 Å². The molecule has 4 rings (SSSR count). The molecule has 0 unspecified atom stereocenters. The number of carbonyl (C=O) groups is 1. The van der Waals surface area contributed by atoms with Gasteiger partial charge in [0.1, 0.15) is 5.75 Å². The van der Waals surface area contributed by atoms with Crippen LogP contribution in [0.3, 0.4) is 0 Å². The number of benzene rings is 2. The number of amides is 1. The molecule has 0 saturated carbocycles. The third-order valence-corrected chi connectivity index (χ3v) is 6.95. The first-order valence-corrected chi connectivity index (χ1v) is 12.0. The van der Waals surface area contributed by atoms with E-state index in [-0.39, 0.29) is 5.91 Å². The Kier molecular flexibility index (Phi) is 7.82. The highest BCUT2D eigenvalue weighted by molar-refractivity contribution is 5.83. The van der Waals surface area contributed by atoms with Gasteiger partial charge in [-0.1, -0.05) is 42.5 Å². The molecule has 0 aromatic heterocycles. The standard InChI is InChI=1S/C27H36N2O3/c1-31-25-11-3-2-10-24(25)23-9-6-8-22(20-23)21-27(12-18-32-19-13-27)26(30)28-14-7-17-29-15-4-5-16-29/h2-3,6,8-11,20H,4-5,7,12-19,21H2,1H3,(H,28,30). The maximum absolute atomic E-state index is 13.4. The van der Waals surface area contributed by atoms with Gasteiger partial charge in [0.05, 0.1) is 12.5 Å². The van der Waals surface area contributed by atoms with Crippen LogP contribution in [0.1, 0.15) is 37.7 Å². The van der Waals surface area contributed by atoms with Crippen LogP contribution >= 0.6 is 0 Å². The lowest BCUT2D eigenvalue weighted by Gasteiger charge is -2.36. The van der Waals surface area contributed by atoms with Gasteiger partial charge in [-0.15, -0.1) is 0 Å². The van der Waals surface area contributed by atoms with Crippen molar-refractivity contribution in [1.82, 2.24) is 10.2 Å². The van der Waals surface area contributed by atoms with Gasteiger partial charge in [-0.25, -0.2) is 0 Å². The summed E-state index contributed by atoms with van der Waals surface area (Å²) < 4.78 is 11.2. The smallest absolute Gasteiger partial charge is 0.226 e. The minimum absolute atomic E-state index is 0.185. The normalized spacial score (nSPS) is 18.4. The van der Waals surface area contributed by atoms with Crippen LogP contribution in [0, 0.1) is 5.41 Å². The molecule has 1 amide bonds. The van der Waals surface area contributed by atoms with Gasteiger partial charge >= 0.3 is 0 Å². The van der Waals surface area contributed by atoms with E-state index in [9.17, 15) is 4.79 Å². The maximum atomic E-state index is 13.4. The predicted octanol–water partition coefficient (Wildman–Crippen LogP) is 4.30. The number of methoxy groups -OCH3 is 1. The zero-order valence-electron chi connectivity index (χ0n) is 19.3. The average Bonchev–Trinajstić information content (AvgIpc) is 3.36. The molecule has 0 radical (unpaired) electrons. The molecule has 5 heteroatoms. The van der Waals surface area contributed by atoms with Gasteiger partial charge < -0.3 is 19.7 Å². The van der Waals surface area contributed by atoms with Gasteiger partial charge in [0.15, 0.2) is 0 Å². The molecule has 2 heterocycles. The zero-order chi connectivity index (χ0) is 22.2. The number of hydrogen-bond donors (Lipinski definition) is 1. The molecule has 2 aliphatic rings. The fourth-order valence-electron chi connectivity index (χ4n) is 5.07. The molecule has 2 aliphatic heterocycles. The minimum atomic E-state index is -0.398. The Bertz CT molecular complexity index is 886. The Morgan fingerprint density at radius 3 is 2.66 bits per heavy atom. The van der Waals surface area contributed by atoms with Crippen molar-refractivity contribution in [3.63, 3.8) is 0 Å². The molecule has 1 N–H and O–H groups in total. The highest BCUT2D eigenvalue weighted by atomic mass is 16.5. The molecule has 2 fully saturated rings. The van der Waals surface area contributed by atoms with Crippen molar-refractivity contribution in [3.05, 3.63) is 54.1 Å². The van der Waals surface area contributed by atoms with Crippen LogP contribution in [0.2, 0.25) is 0 Å². The number of ether oxygens (including phenoxy) is 2. The maximum Gasteiger partial charge on any atom is 0.226 e. The molecule has 172 valence electrons. The minimum Gasteiger partial charge on any atom is -0.496 e. The van der Waals surface area contributed by atoms with Crippen molar-refractivity contribution in [2.75, 3.05) is 46.5 Å². The first-order valence-electron chi connectivity index (χ1n) is 12.0. The van der Waals surface area contributed by atoms with E-state index in [1.165, 1.54) is 31.5 Å². The molecule has 2 aromatic rings. The summed E-state index contributed by atoms with van der Waals surface area (Å²) in [6.07, 6.45) is 5.90. The van der Waals surface area contributed by atoms with Crippen molar-refractivity contribution in [3.8, 4) is 16.9 Å². The molecule has 0 spiro atoms. The molecule has 2 saturated heterocycles. The third kappa shape index (κ3) is 5.51. The van der Waals surface area contributed by atoms with E-state index in [4.69, 9.17) is 9.47 Å². The molecule has 0 atom stereocenters. The van der Waals surface area contributed by atoms with Crippen molar-refractivity contribution >= 4 is 5.91 Å². The van der Waals surface area contributed by atoms with E-state index in [2.05, 4.69) is 40.5 Å². The number of carbonyl (C=O) groups excluding carboxylic acids is 1. The van der Waals surface area contributed by atoms with Crippen LogP contribution in [0.15, 0.2) is 48.5 Å². The second kappa shape index (κ2) is 11.0. The lowest BCUT2D eigenvalue weighted by Crippen LogP contribution is -2.46. The van der Waals surface area contributed by atoms with E-state index in [1.54, 1.807) is 7.11 Å². The molecule has 32 heavy (non-hydrogen) atoms. The van der Waals surface area contributed by atoms with E-state index in [0.29, 0.717) is 13.2 Å². The summed E-state index contributed by atoms with van der Waals surface area (Å²) in [6.45, 7) is 5.53. The van der Waals surface area contributed by atoms with Crippen LogP contribution in [-0.4, -0.2) is 57.3 Å². The lowest BCUT2D eigenvalue weighted by molar-refractivity contribution is -0.136. The van der Waals surface area contributed by atoms with Crippen LogP contribution in [0.25, 0.3) is 11.1 Å².